The molecule has 1 aliphatic carbocycles. The normalized spacial score (nSPS) is 20.7. The summed E-state index contributed by atoms with van der Waals surface area (Å²) in [5, 5.41) is 4.31. The monoisotopic (exact) mass is 430 g/mol. The van der Waals surface area contributed by atoms with Crippen LogP contribution in [0.25, 0.3) is 5.57 Å². The summed E-state index contributed by atoms with van der Waals surface area (Å²) in [6.45, 7) is 2.76. The summed E-state index contributed by atoms with van der Waals surface area (Å²) < 4.78 is 7.49. The number of ether oxygens (including phenoxy) is 1. The van der Waals surface area contributed by atoms with Crippen molar-refractivity contribution in [3.63, 3.8) is 0 Å². The molecule has 1 aromatic heterocycles. The van der Waals surface area contributed by atoms with Gasteiger partial charge in [-0.15, -0.1) is 0 Å². The van der Waals surface area contributed by atoms with Crippen LogP contribution < -0.4 is 4.74 Å². The first-order valence-electron chi connectivity index (χ1n) is 11.5. The molecule has 32 heavy (non-hydrogen) atoms. The number of piperidine rings is 1. The summed E-state index contributed by atoms with van der Waals surface area (Å²) in [6.07, 6.45) is 16.2. The minimum atomic E-state index is 0.0801. The van der Waals surface area contributed by atoms with E-state index >= 15 is 0 Å². The van der Waals surface area contributed by atoms with Gasteiger partial charge in [-0.3, -0.25) is 9.48 Å². The molecule has 6 heteroatoms. The Bertz CT molecular complexity index is 1040. The molecular weight excluding hydrogens is 400 g/mol. The Hall–Kier alpha value is -3.28. The van der Waals surface area contributed by atoms with Gasteiger partial charge in [0.05, 0.1) is 6.20 Å². The second-order valence-electron chi connectivity index (χ2n) is 8.92. The molecule has 0 saturated carbocycles. The maximum atomic E-state index is 12.5. The Morgan fingerprint density at radius 1 is 1.16 bits per heavy atom. The number of hydrogen-bond donors (Lipinski definition) is 0. The van der Waals surface area contributed by atoms with Crippen molar-refractivity contribution < 1.29 is 9.53 Å². The topological polar surface area (TPSA) is 50.6 Å². The van der Waals surface area contributed by atoms with Gasteiger partial charge in [-0.25, -0.2) is 0 Å². The maximum absolute atomic E-state index is 12.5. The number of benzene rings is 1. The molecule has 6 nitrogen and oxygen atoms in total. The Balaban J connectivity index is 1.11. The van der Waals surface area contributed by atoms with Crippen LogP contribution in [-0.2, 0) is 11.8 Å². The predicted molar refractivity (Wildman–Crippen MR) is 124 cm³/mol. The van der Waals surface area contributed by atoms with Crippen LogP contribution in [0.5, 0.6) is 5.75 Å². The maximum Gasteiger partial charge on any atom is 0.260 e. The van der Waals surface area contributed by atoms with Gasteiger partial charge in [0.1, 0.15) is 5.75 Å². The molecule has 1 atom stereocenters. The van der Waals surface area contributed by atoms with Gasteiger partial charge < -0.3 is 14.5 Å². The Morgan fingerprint density at radius 2 is 1.97 bits per heavy atom. The Labute approximate surface area is 189 Å². The SMILES string of the molecule is Cn1cc(C2=CC=C3C(C=CN3CC3CCN(C(=O)COc4ccccc4)CC3)C2)cn1. The summed E-state index contributed by atoms with van der Waals surface area (Å²) in [6, 6.07) is 9.53. The molecule has 3 heterocycles. The fourth-order valence-electron chi connectivity index (χ4n) is 4.85. The highest BCUT2D eigenvalue weighted by Gasteiger charge is 2.30. The number of aryl methyl sites for hydroxylation is 1. The number of para-hydroxylation sites is 1. The Kier molecular flexibility index (Phi) is 5.84. The zero-order valence-corrected chi connectivity index (χ0v) is 18.6. The van der Waals surface area contributed by atoms with E-state index in [0.717, 1.165) is 44.6 Å². The number of fused-ring (bicyclic) bond motifs is 1. The van der Waals surface area contributed by atoms with Gasteiger partial charge in [-0.05, 0) is 49.0 Å². The van der Waals surface area contributed by atoms with Gasteiger partial charge in [0.2, 0.25) is 0 Å². The molecule has 166 valence electrons. The van der Waals surface area contributed by atoms with Crippen LogP contribution in [-0.4, -0.2) is 51.7 Å². The first-order chi connectivity index (χ1) is 15.7. The van der Waals surface area contributed by atoms with Gasteiger partial charge in [-0.2, -0.15) is 5.10 Å². The van der Waals surface area contributed by atoms with Crippen molar-refractivity contribution >= 4 is 11.5 Å². The van der Waals surface area contributed by atoms with E-state index in [4.69, 9.17) is 4.74 Å². The van der Waals surface area contributed by atoms with Gasteiger partial charge in [0, 0.05) is 56.3 Å². The summed E-state index contributed by atoms with van der Waals surface area (Å²) in [4.78, 5) is 16.9. The van der Waals surface area contributed by atoms with E-state index in [1.165, 1.54) is 16.8 Å². The smallest absolute Gasteiger partial charge is 0.260 e. The Morgan fingerprint density at radius 3 is 2.72 bits per heavy atom. The van der Waals surface area contributed by atoms with Crippen LogP contribution in [0.2, 0.25) is 0 Å². The molecule has 3 aliphatic rings. The lowest BCUT2D eigenvalue weighted by molar-refractivity contribution is -0.134. The number of nitrogens with zero attached hydrogens (tertiary/aromatic N) is 4. The summed E-state index contributed by atoms with van der Waals surface area (Å²) in [5.74, 6) is 1.87. The third kappa shape index (κ3) is 4.49. The molecule has 5 rings (SSSR count). The van der Waals surface area contributed by atoms with Gasteiger partial charge in [0.25, 0.3) is 5.91 Å². The molecular formula is C26H30N4O2. The summed E-state index contributed by atoms with van der Waals surface area (Å²) in [5.41, 5.74) is 3.96. The summed E-state index contributed by atoms with van der Waals surface area (Å²) in [7, 11) is 1.96. The van der Waals surface area contributed by atoms with Crippen LogP contribution in [0.3, 0.4) is 0 Å². The van der Waals surface area contributed by atoms with Crippen LogP contribution in [0.15, 0.2) is 72.9 Å². The molecule has 1 fully saturated rings. The molecule has 2 aromatic rings. The number of hydrogen-bond acceptors (Lipinski definition) is 4. The number of aromatic nitrogens is 2. The number of allylic oxidation sites excluding steroid dienone is 4. The molecule has 2 aliphatic heterocycles. The van der Waals surface area contributed by atoms with E-state index < -0.39 is 0 Å². The van der Waals surface area contributed by atoms with Gasteiger partial charge in [-0.1, -0.05) is 30.4 Å². The van der Waals surface area contributed by atoms with Crippen molar-refractivity contribution in [2.45, 2.75) is 19.3 Å². The van der Waals surface area contributed by atoms with Crippen LogP contribution in [0.4, 0.5) is 0 Å². The highest BCUT2D eigenvalue weighted by Crippen LogP contribution is 2.38. The third-order valence-electron chi connectivity index (χ3n) is 6.71. The lowest BCUT2D eigenvalue weighted by Crippen LogP contribution is -2.42. The molecule has 0 N–H and O–H groups in total. The minimum absolute atomic E-state index is 0.0801. The number of amides is 1. The van der Waals surface area contributed by atoms with E-state index in [1.807, 2.05) is 53.2 Å². The van der Waals surface area contributed by atoms with Gasteiger partial charge in [0.15, 0.2) is 6.61 Å². The highest BCUT2D eigenvalue weighted by atomic mass is 16.5. The van der Waals surface area contributed by atoms with Crippen LogP contribution >= 0.6 is 0 Å². The first-order valence-corrected chi connectivity index (χ1v) is 11.5. The summed E-state index contributed by atoms with van der Waals surface area (Å²) >= 11 is 0. The second kappa shape index (κ2) is 9.07. The van der Waals surface area contributed by atoms with E-state index in [1.54, 1.807) is 0 Å². The quantitative estimate of drug-likeness (QED) is 0.699. The average Bonchev–Trinajstić information content (AvgIpc) is 3.44. The van der Waals surface area contributed by atoms with E-state index in [2.05, 4.69) is 40.6 Å². The zero-order chi connectivity index (χ0) is 21.9. The fourth-order valence-corrected chi connectivity index (χ4v) is 4.85. The van der Waals surface area contributed by atoms with Crippen molar-refractivity contribution in [3.8, 4) is 5.75 Å². The minimum Gasteiger partial charge on any atom is -0.484 e. The van der Waals surface area contributed by atoms with E-state index in [9.17, 15) is 4.79 Å². The van der Waals surface area contributed by atoms with Crippen molar-refractivity contribution in [3.05, 3.63) is 78.4 Å². The highest BCUT2D eigenvalue weighted by molar-refractivity contribution is 5.77. The zero-order valence-electron chi connectivity index (χ0n) is 18.6. The number of likely N-dealkylation sites (tertiary alicyclic amines) is 1. The molecule has 1 amide bonds. The molecule has 1 aromatic carbocycles. The largest absolute Gasteiger partial charge is 0.484 e. The average molecular weight is 431 g/mol. The molecule has 1 saturated heterocycles. The molecule has 0 spiro atoms. The van der Waals surface area contributed by atoms with Crippen molar-refractivity contribution in [2.24, 2.45) is 18.9 Å². The first kappa shape index (κ1) is 20.6. The van der Waals surface area contributed by atoms with E-state index in [0.29, 0.717) is 11.8 Å². The van der Waals surface area contributed by atoms with Crippen molar-refractivity contribution in [1.29, 1.82) is 0 Å². The van der Waals surface area contributed by atoms with Crippen LogP contribution in [0, 0.1) is 11.8 Å². The number of carbonyl (C=O) groups excluding carboxylic acids is 1. The lowest BCUT2D eigenvalue weighted by Gasteiger charge is -2.35. The predicted octanol–water partition coefficient (Wildman–Crippen LogP) is 3.85. The van der Waals surface area contributed by atoms with Crippen LogP contribution in [0.1, 0.15) is 24.8 Å². The number of rotatable bonds is 6. The second-order valence-corrected chi connectivity index (χ2v) is 8.92. The van der Waals surface area contributed by atoms with E-state index in [-0.39, 0.29) is 12.5 Å². The third-order valence-corrected chi connectivity index (χ3v) is 6.71. The molecule has 0 bridgehead atoms. The van der Waals surface area contributed by atoms with Crippen molar-refractivity contribution in [2.75, 3.05) is 26.2 Å². The standard InChI is InChI=1S/C26H30N4O2/c1-28-18-23(16-27-28)21-7-8-25-22(15-21)11-14-30(25)17-20-9-12-29(13-10-20)26(31)19-32-24-5-3-2-4-6-24/h2-8,11,14,16,18,20,22H,9-10,12-13,15,17,19H2,1H3. The van der Waals surface area contributed by atoms with Crippen molar-refractivity contribution in [1.82, 2.24) is 19.6 Å². The number of carbonyl (C=O) groups is 1. The molecule has 0 radical (unpaired) electrons. The fraction of sp³-hybridized carbons (Fsp3) is 0.385. The molecule has 1 unspecified atom stereocenters. The van der Waals surface area contributed by atoms with Gasteiger partial charge >= 0.3 is 0 Å². The lowest BCUT2D eigenvalue weighted by atomic mass is 9.89.